The minimum Gasteiger partial charge on any atom is -0.462 e. The summed E-state index contributed by atoms with van der Waals surface area (Å²) in [6.45, 7) is -0.148. The van der Waals surface area contributed by atoms with Crippen molar-refractivity contribution >= 4 is 39.4 Å². The summed E-state index contributed by atoms with van der Waals surface area (Å²) in [6, 6.07) is 11.0. The molecular formula is C18H16BrF2N3O4. The molecule has 0 radical (unpaired) electrons. The number of pyridine rings is 1. The Morgan fingerprint density at radius 1 is 1.14 bits per heavy atom. The third-order valence-corrected chi connectivity index (χ3v) is 3.71. The van der Waals surface area contributed by atoms with Crippen molar-refractivity contribution in [2.75, 3.05) is 18.5 Å². The zero-order valence-electron chi connectivity index (χ0n) is 14.5. The van der Waals surface area contributed by atoms with Gasteiger partial charge in [-0.1, -0.05) is 12.1 Å². The van der Waals surface area contributed by atoms with Gasteiger partial charge in [-0.05, 0) is 36.8 Å². The summed E-state index contributed by atoms with van der Waals surface area (Å²) in [5, 5.41) is 4.63. The zero-order chi connectivity index (χ0) is 20.6. The van der Waals surface area contributed by atoms with E-state index in [1.807, 2.05) is 21.2 Å². The van der Waals surface area contributed by atoms with Crippen LogP contribution in [0.5, 0.6) is 0 Å². The number of alkyl halides is 3. The number of ether oxygens (including phenoxy) is 1. The first-order valence-corrected chi connectivity index (χ1v) is 8.91. The predicted octanol–water partition coefficient (Wildman–Crippen LogP) is 2.98. The van der Waals surface area contributed by atoms with Gasteiger partial charge in [0.05, 0.1) is 12.2 Å². The van der Waals surface area contributed by atoms with Crippen molar-refractivity contribution < 1.29 is 27.9 Å². The van der Waals surface area contributed by atoms with Gasteiger partial charge in [0.1, 0.15) is 5.69 Å². The van der Waals surface area contributed by atoms with Crippen LogP contribution in [0.4, 0.5) is 14.5 Å². The van der Waals surface area contributed by atoms with Crippen molar-refractivity contribution in [1.82, 2.24) is 10.3 Å². The quantitative estimate of drug-likeness (QED) is 0.362. The second kappa shape index (κ2) is 9.88. The van der Waals surface area contributed by atoms with Crippen molar-refractivity contribution in [3.63, 3.8) is 0 Å². The molecule has 148 valence electrons. The third-order valence-electron chi connectivity index (χ3n) is 3.35. The molecule has 2 amide bonds. The highest BCUT2D eigenvalue weighted by Crippen LogP contribution is 2.21. The fourth-order valence-corrected chi connectivity index (χ4v) is 2.18. The molecule has 2 aromatic rings. The highest BCUT2D eigenvalue weighted by molar-refractivity contribution is 9.10. The molecule has 1 heterocycles. The Morgan fingerprint density at radius 3 is 2.61 bits per heavy atom. The Hall–Kier alpha value is -2.88. The SMILES string of the molecule is O=C(OCCCNC(=O)C(F)(F)Br)c1cccc(NC(=O)c2ccccn2)c1. The summed E-state index contributed by atoms with van der Waals surface area (Å²) in [4.78, 5) is 35.4. The standard InChI is InChI=1S/C18H16BrF2N3O4/c19-18(20,21)17(27)23-9-4-10-28-16(26)12-5-3-6-13(11-12)24-15(25)14-7-1-2-8-22-14/h1-3,5-8,11H,4,9-10H2,(H,23,27)(H,24,25). The second-order valence-electron chi connectivity index (χ2n) is 5.49. The Labute approximate surface area is 167 Å². The van der Waals surface area contributed by atoms with Crippen LogP contribution in [0, 0.1) is 0 Å². The van der Waals surface area contributed by atoms with Gasteiger partial charge in [0, 0.05) is 34.4 Å². The molecule has 0 aliphatic rings. The number of carbonyl (C=O) groups is 3. The van der Waals surface area contributed by atoms with E-state index in [0.29, 0.717) is 5.69 Å². The molecule has 0 spiro atoms. The van der Waals surface area contributed by atoms with Crippen LogP contribution in [0.25, 0.3) is 0 Å². The third kappa shape index (κ3) is 6.69. The van der Waals surface area contributed by atoms with Gasteiger partial charge >= 0.3 is 16.7 Å². The van der Waals surface area contributed by atoms with Gasteiger partial charge in [-0.15, -0.1) is 0 Å². The van der Waals surface area contributed by atoms with Gasteiger partial charge in [0.2, 0.25) is 0 Å². The van der Waals surface area contributed by atoms with Gasteiger partial charge in [-0.3, -0.25) is 14.6 Å². The number of esters is 1. The van der Waals surface area contributed by atoms with Crippen LogP contribution in [0.1, 0.15) is 27.3 Å². The van der Waals surface area contributed by atoms with Crippen molar-refractivity contribution in [3.8, 4) is 0 Å². The molecule has 0 saturated heterocycles. The van der Waals surface area contributed by atoms with Crippen molar-refractivity contribution in [3.05, 3.63) is 59.9 Å². The molecule has 28 heavy (non-hydrogen) atoms. The fourth-order valence-electron chi connectivity index (χ4n) is 2.04. The molecule has 0 bridgehead atoms. The molecule has 2 rings (SSSR count). The first-order valence-electron chi connectivity index (χ1n) is 8.12. The lowest BCUT2D eigenvalue weighted by molar-refractivity contribution is -0.134. The van der Waals surface area contributed by atoms with Crippen LogP contribution < -0.4 is 10.6 Å². The average molecular weight is 456 g/mol. The summed E-state index contributed by atoms with van der Waals surface area (Å²) < 4.78 is 30.2. The summed E-state index contributed by atoms with van der Waals surface area (Å²) in [7, 11) is 0. The molecule has 0 unspecified atom stereocenters. The first kappa shape index (κ1) is 21.4. The van der Waals surface area contributed by atoms with E-state index in [1.54, 1.807) is 30.3 Å². The highest BCUT2D eigenvalue weighted by Gasteiger charge is 2.34. The lowest BCUT2D eigenvalue weighted by atomic mass is 10.2. The number of nitrogens with zero attached hydrogens (tertiary/aromatic N) is 1. The van der Waals surface area contributed by atoms with Crippen LogP contribution in [-0.4, -0.2) is 40.8 Å². The lowest BCUT2D eigenvalue weighted by Gasteiger charge is -2.10. The van der Waals surface area contributed by atoms with Crippen LogP contribution in [0.15, 0.2) is 48.7 Å². The number of halogens is 3. The Bertz CT molecular complexity index is 844. The second-order valence-corrected chi connectivity index (χ2v) is 6.49. The highest BCUT2D eigenvalue weighted by atomic mass is 79.9. The van der Waals surface area contributed by atoms with Crippen molar-refractivity contribution in [2.24, 2.45) is 0 Å². The maximum absolute atomic E-state index is 12.6. The first-order chi connectivity index (χ1) is 13.3. The summed E-state index contributed by atoms with van der Waals surface area (Å²) >= 11 is 1.94. The Balaban J connectivity index is 1.82. The number of benzene rings is 1. The summed E-state index contributed by atoms with van der Waals surface area (Å²) in [6.07, 6.45) is 1.65. The summed E-state index contributed by atoms with van der Waals surface area (Å²) in [5.74, 6) is -2.54. The Morgan fingerprint density at radius 2 is 1.93 bits per heavy atom. The molecule has 0 aliphatic carbocycles. The van der Waals surface area contributed by atoms with E-state index in [9.17, 15) is 23.2 Å². The minimum atomic E-state index is -3.64. The molecule has 2 N–H and O–H groups in total. The van der Waals surface area contributed by atoms with E-state index < -0.39 is 22.6 Å². The van der Waals surface area contributed by atoms with Crippen molar-refractivity contribution in [2.45, 2.75) is 11.3 Å². The zero-order valence-corrected chi connectivity index (χ0v) is 16.0. The van der Waals surface area contributed by atoms with E-state index in [2.05, 4.69) is 10.3 Å². The number of nitrogens with one attached hydrogen (secondary N) is 2. The minimum absolute atomic E-state index is 0.0719. The maximum atomic E-state index is 12.6. The van der Waals surface area contributed by atoms with Gasteiger partial charge < -0.3 is 15.4 Å². The molecule has 0 saturated carbocycles. The van der Waals surface area contributed by atoms with E-state index in [-0.39, 0.29) is 30.8 Å². The number of carbonyl (C=O) groups excluding carboxylic acids is 3. The largest absolute Gasteiger partial charge is 0.462 e. The molecule has 0 atom stereocenters. The number of rotatable bonds is 8. The summed E-state index contributed by atoms with van der Waals surface area (Å²) in [5.41, 5.74) is 0.818. The average Bonchev–Trinajstić information content (AvgIpc) is 2.67. The molecule has 1 aromatic heterocycles. The topological polar surface area (TPSA) is 97.4 Å². The maximum Gasteiger partial charge on any atom is 0.377 e. The molecule has 1 aromatic carbocycles. The number of hydrogen-bond donors (Lipinski definition) is 2. The van der Waals surface area contributed by atoms with Gasteiger partial charge in [0.15, 0.2) is 0 Å². The Kier molecular flexibility index (Phi) is 7.56. The number of aromatic nitrogens is 1. The number of hydrogen-bond acceptors (Lipinski definition) is 5. The fraction of sp³-hybridized carbons (Fsp3) is 0.222. The molecule has 0 fully saturated rings. The van der Waals surface area contributed by atoms with Gasteiger partial charge in [0.25, 0.3) is 5.91 Å². The van der Waals surface area contributed by atoms with Crippen LogP contribution in [0.3, 0.4) is 0 Å². The normalized spacial score (nSPS) is 10.8. The van der Waals surface area contributed by atoms with E-state index in [0.717, 1.165) is 0 Å². The molecular weight excluding hydrogens is 440 g/mol. The van der Waals surface area contributed by atoms with Gasteiger partial charge in [-0.2, -0.15) is 8.78 Å². The lowest BCUT2D eigenvalue weighted by Crippen LogP contribution is -2.36. The number of anilines is 1. The van der Waals surface area contributed by atoms with E-state index in [1.165, 1.54) is 18.3 Å². The smallest absolute Gasteiger partial charge is 0.377 e. The van der Waals surface area contributed by atoms with E-state index >= 15 is 0 Å². The monoisotopic (exact) mass is 455 g/mol. The number of amides is 2. The molecule has 7 nitrogen and oxygen atoms in total. The predicted molar refractivity (Wildman–Crippen MR) is 100 cm³/mol. The van der Waals surface area contributed by atoms with Gasteiger partial charge in [-0.25, -0.2) is 4.79 Å². The van der Waals surface area contributed by atoms with E-state index in [4.69, 9.17) is 4.74 Å². The van der Waals surface area contributed by atoms with Crippen LogP contribution in [0.2, 0.25) is 0 Å². The molecule has 0 aliphatic heterocycles. The van der Waals surface area contributed by atoms with Crippen LogP contribution >= 0.6 is 15.9 Å². The van der Waals surface area contributed by atoms with Crippen LogP contribution in [-0.2, 0) is 9.53 Å². The molecule has 10 heteroatoms. The van der Waals surface area contributed by atoms with Crippen molar-refractivity contribution in [1.29, 1.82) is 0 Å².